The number of nitrogen functional groups attached to an aromatic ring is 1. The first-order valence-electron chi connectivity index (χ1n) is 4.75. The molecule has 2 aromatic carbocycles. The molecule has 0 saturated carbocycles. The van der Waals surface area contributed by atoms with Crippen molar-refractivity contribution >= 4 is 17.3 Å². The molecule has 0 unspecified atom stereocenters. The molecule has 0 aliphatic carbocycles. The summed E-state index contributed by atoms with van der Waals surface area (Å²) in [7, 11) is 0. The number of halogens is 3. The second-order valence-corrected chi connectivity index (χ2v) is 3.78. The smallest absolute Gasteiger partial charge is 0.203 e. The average molecular weight is 256 g/mol. The molecule has 17 heavy (non-hydrogen) atoms. The minimum atomic E-state index is -1.12. The van der Waals surface area contributed by atoms with Gasteiger partial charge in [-0.1, -0.05) is 17.7 Å². The van der Waals surface area contributed by atoms with E-state index in [-0.39, 0.29) is 17.2 Å². The topological polar surface area (TPSA) is 35.2 Å². The average Bonchev–Trinajstić information content (AvgIpc) is 2.30. The summed E-state index contributed by atoms with van der Waals surface area (Å²) in [5.41, 5.74) is 5.53. The monoisotopic (exact) mass is 255 g/mol. The minimum Gasteiger partial charge on any atom is -0.452 e. The largest absolute Gasteiger partial charge is 0.452 e. The molecule has 2 aromatic rings. The second kappa shape index (κ2) is 4.59. The van der Waals surface area contributed by atoms with E-state index in [9.17, 15) is 8.78 Å². The molecule has 0 aliphatic rings. The van der Waals surface area contributed by atoms with Crippen molar-refractivity contribution in [1.82, 2.24) is 0 Å². The van der Waals surface area contributed by atoms with Gasteiger partial charge in [-0.25, -0.2) is 4.39 Å². The molecule has 2 N–H and O–H groups in total. The highest BCUT2D eigenvalue weighted by atomic mass is 35.5. The van der Waals surface area contributed by atoms with Crippen molar-refractivity contribution in [3.05, 3.63) is 53.1 Å². The molecule has 0 atom stereocenters. The molecule has 0 fully saturated rings. The van der Waals surface area contributed by atoms with Crippen LogP contribution in [-0.2, 0) is 0 Å². The quantitative estimate of drug-likeness (QED) is 0.824. The Hall–Kier alpha value is -1.81. The van der Waals surface area contributed by atoms with Crippen LogP contribution in [0.25, 0.3) is 0 Å². The number of hydrogen-bond donors (Lipinski definition) is 1. The van der Waals surface area contributed by atoms with E-state index in [1.54, 1.807) is 18.2 Å². The van der Waals surface area contributed by atoms with Gasteiger partial charge in [-0.05, 0) is 30.3 Å². The van der Waals surface area contributed by atoms with Crippen molar-refractivity contribution in [1.29, 1.82) is 0 Å². The molecule has 0 amide bonds. The predicted molar refractivity (Wildman–Crippen MR) is 62.3 cm³/mol. The summed E-state index contributed by atoms with van der Waals surface area (Å²) in [4.78, 5) is 0. The van der Waals surface area contributed by atoms with Gasteiger partial charge in [-0.15, -0.1) is 0 Å². The van der Waals surface area contributed by atoms with E-state index in [1.807, 2.05) is 0 Å². The third-order valence-corrected chi connectivity index (χ3v) is 2.33. The van der Waals surface area contributed by atoms with E-state index in [0.29, 0.717) is 5.02 Å². The van der Waals surface area contributed by atoms with Crippen LogP contribution in [0.1, 0.15) is 0 Å². The molecule has 5 heteroatoms. The molecular formula is C12H8ClF2NO. The number of anilines is 1. The molecule has 0 spiro atoms. The Kier molecular flexibility index (Phi) is 3.15. The van der Waals surface area contributed by atoms with Crippen LogP contribution in [0.3, 0.4) is 0 Å². The lowest BCUT2D eigenvalue weighted by Gasteiger charge is -2.09. The van der Waals surface area contributed by atoms with Crippen LogP contribution in [0.4, 0.5) is 14.5 Å². The number of hydrogen-bond acceptors (Lipinski definition) is 2. The van der Waals surface area contributed by atoms with Gasteiger partial charge < -0.3 is 10.5 Å². The van der Waals surface area contributed by atoms with Crippen LogP contribution in [0.2, 0.25) is 5.02 Å². The van der Waals surface area contributed by atoms with Crippen LogP contribution in [0, 0.1) is 11.6 Å². The van der Waals surface area contributed by atoms with Crippen LogP contribution in [0.15, 0.2) is 36.4 Å². The summed E-state index contributed by atoms with van der Waals surface area (Å²) < 4.78 is 31.6. The van der Waals surface area contributed by atoms with Gasteiger partial charge >= 0.3 is 0 Å². The highest BCUT2D eigenvalue weighted by molar-refractivity contribution is 6.30. The van der Waals surface area contributed by atoms with Crippen molar-refractivity contribution in [3.63, 3.8) is 0 Å². The van der Waals surface area contributed by atoms with E-state index in [2.05, 4.69) is 0 Å². The van der Waals surface area contributed by atoms with Crippen molar-refractivity contribution in [2.45, 2.75) is 0 Å². The summed E-state index contributed by atoms with van der Waals surface area (Å²) in [6, 6.07) is 8.49. The minimum absolute atomic E-state index is 0.0175. The highest BCUT2D eigenvalue weighted by Crippen LogP contribution is 2.32. The predicted octanol–water partition coefficient (Wildman–Crippen LogP) is 3.99. The molecule has 0 heterocycles. The van der Waals surface area contributed by atoms with Crippen molar-refractivity contribution in [2.24, 2.45) is 0 Å². The number of rotatable bonds is 2. The fourth-order valence-electron chi connectivity index (χ4n) is 1.30. The number of nitrogens with two attached hydrogens (primary N) is 1. The van der Waals surface area contributed by atoms with Gasteiger partial charge in [0.1, 0.15) is 5.75 Å². The van der Waals surface area contributed by atoms with E-state index in [4.69, 9.17) is 22.1 Å². The standard InChI is InChI=1S/C12H8ClF2NO/c13-7-2-1-3-8(6-7)17-12-10(16)5-4-9(14)11(12)15/h1-6H,16H2. The fraction of sp³-hybridized carbons (Fsp3) is 0. The number of ether oxygens (including phenoxy) is 1. The zero-order chi connectivity index (χ0) is 12.4. The lowest BCUT2D eigenvalue weighted by Crippen LogP contribution is -1.97. The first-order chi connectivity index (χ1) is 8.08. The lowest BCUT2D eigenvalue weighted by molar-refractivity contribution is 0.418. The van der Waals surface area contributed by atoms with Gasteiger partial charge in [0.2, 0.25) is 5.82 Å². The Balaban J connectivity index is 2.39. The third-order valence-electron chi connectivity index (χ3n) is 2.10. The summed E-state index contributed by atoms with van der Waals surface area (Å²) in [5, 5.41) is 0.429. The molecule has 0 bridgehead atoms. The maximum atomic E-state index is 13.4. The highest BCUT2D eigenvalue weighted by Gasteiger charge is 2.14. The summed E-state index contributed by atoms with van der Waals surface area (Å²) >= 11 is 5.74. The summed E-state index contributed by atoms with van der Waals surface area (Å²) in [6.45, 7) is 0. The molecule has 2 nitrogen and oxygen atoms in total. The summed E-state index contributed by atoms with van der Waals surface area (Å²) in [6.07, 6.45) is 0. The zero-order valence-electron chi connectivity index (χ0n) is 8.58. The maximum absolute atomic E-state index is 13.4. The molecule has 0 radical (unpaired) electrons. The molecule has 2 rings (SSSR count). The van der Waals surface area contributed by atoms with Crippen molar-refractivity contribution in [2.75, 3.05) is 5.73 Å². The van der Waals surface area contributed by atoms with Crippen LogP contribution in [-0.4, -0.2) is 0 Å². The van der Waals surface area contributed by atoms with E-state index in [0.717, 1.165) is 6.07 Å². The van der Waals surface area contributed by atoms with E-state index < -0.39 is 11.6 Å². The van der Waals surface area contributed by atoms with Crippen molar-refractivity contribution in [3.8, 4) is 11.5 Å². The van der Waals surface area contributed by atoms with Gasteiger partial charge in [0.05, 0.1) is 5.69 Å². The Bertz CT molecular complexity index is 560. The fourth-order valence-corrected chi connectivity index (χ4v) is 1.48. The Morgan fingerprint density at radius 2 is 1.88 bits per heavy atom. The van der Waals surface area contributed by atoms with E-state index >= 15 is 0 Å². The van der Waals surface area contributed by atoms with Gasteiger partial charge in [0.15, 0.2) is 11.6 Å². The Labute approximate surface area is 102 Å². The van der Waals surface area contributed by atoms with E-state index in [1.165, 1.54) is 12.1 Å². The van der Waals surface area contributed by atoms with Crippen LogP contribution in [0.5, 0.6) is 11.5 Å². The first kappa shape index (κ1) is 11.7. The van der Waals surface area contributed by atoms with Crippen LogP contribution < -0.4 is 10.5 Å². The zero-order valence-corrected chi connectivity index (χ0v) is 9.34. The Morgan fingerprint density at radius 3 is 2.59 bits per heavy atom. The van der Waals surface area contributed by atoms with Gasteiger partial charge in [-0.3, -0.25) is 0 Å². The second-order valence-electron chi connectivity index (χ2n) is 3.34. The first-order valence-corrected chi connectivity index (χ1v) is 5.12. The van der Waals surface area contributed by atoms with Gasteiger partial charge in [-0.2, -0.15) is 4.39 Å². The van der Waals surface area contributed by atoms with Crippen molar-refractivity contribution < 1.29 is 13.5 Å². The van der Waals surface area contributed by atoms with Crippen LogP contribution >= 0.6 is 11.6 Å². The molecule has 0 saturated heterocycles. The molecule has 88 valence electrons. The Morgan fingerprint density at radius 1 is 1.12 bits per heavy atom. The van der Waals surface area contributed by atoms with Gasteiger partial charge in [0, 0.05) is 5.02 Å². The summed E-state index contributed by atoms with van der Waals surface area (Å²) in [5.74, 6) is -2.19. The SMILES string of the molecule is Nc1ccc(F)c(F)c1Oc1cccc(Cl)c1. The maximum Gasteiger partial charge on any atom is 0.203 e. The normalized spacial score (nSPS) is 10.3. The van der Waals surface area contributed by atoms with Gasteiger partial charge in [0.25, 0.3) is 0 Å². The molecular weight excluding hydrogens is 248 g/mol. The lowest BCUT2D eigenvalue weighted by atomic mass is 10.2. The number of benzene rings is 2. The molecule has 0 aliphatic heterocycles. The third kappa shape index (κ3) is 2.47. The molecule has 0 aromatic heterocycles.